The topological polar surface area (TPSA) is 61.8 Å². The van der Waals surface area contributed by atoms with Crippen LogP contribution in [0.3, 0.4) is 0 Å². The number of nitrogens with zero attached hydrogens (tertiary/aromatic N) is 5. The Morgan fingerprint density at radius 3 is 2.34 bits per heavy atom. The van der Waals surface area contributed by atoms with Crippen molar-refractivity contribution in [1.29, 1.82) is 0 Å². The Hall–Kier alpha value is -1.94. The molecule has 8 heteroatoms. The van der Waals surface area contributed by atoms with Gasteiger partial charge in [-0.2, -0.15) is 0 Å². The summed E-state index contributed by atoms with van der Waals surface area (Å²) in [6.07, 6.45) is 5.51. The molecule has 1 amide bonds. The lowest BCUT2D eigenvalue weighted by atomic mass is 9.61. The summed E-state index contributed by atoms with van der Waals surface area (Å²) in [5.41, 5.74) is 1.72. The lowest BCUT2D eigenvalue weighted by molar-refractivity contribution is -0.137. The first-order valence-electron chi connectivity index (χ1n) is 11.4. The van der Waals surface area contributed by atoms with E-state index >= 15 is 0 Å². The molecule has 0 radical (unpaired) electrons. The molecule has 0 unspecified atom stereocenters. The highest BCUT2D eigenvalue weighted by atomic mass is 127. The number of halogens is 1. The SMILES string of the molecule is C[C@@H]1CN(c2ncc(I)cn2)C[C@H](C)N1C(=O)OC1CC2(C1)CN(Cc1ccccc1)C2. The molecule has 1 aliphatic carbocycles. The number of rotatable bonds is 4. The summed E-state index contributed by atoms with van der Waals surface area (Å²) >= 11 is 2.21. The molecular formula is C24H30IN5O2. The highest BCUT2D eigenvalue weighted by molar-refractivity contribution is 14.1. The number of ether oxygens (including phenoxy) is 1. The van der Waals surface area contributed by atoms with Crippen LogP contribution in [0.5, 0.6) is 0 Å². The molecule has 1 spiro atoms. The lowest BCUT2D eigenvalue weighted by Gasteiger charge is -2.58. The molecule has 2 aliphatic heterocycles. The summed E-state index contributed by atoms with van der Waals surface area (Å²) in [5, 5.41) is 0. The van der Waals surface area contributed by atoms with Gasteiger partial charge in [-0.05, 0) is 54.8 Å². The van der Waals surface area contributed by atoms with Gasteiger partial charge in [0.05, 0.1) is 12.1 Å². The highest BCUT2D eigenvalue weighted by Crippen LogP contribution is 2.50. The zero-order chi connectivity index (χ0) is 22.3. The molecule has 2 atom stereocenters. The Balaban J connectivity index is 1.09. The standard InChI is InChI=1S/C24H30IN5O2/c1-17-12-29(22-26-10-20(25)11-27-22)13-18(2)30(17)23(31)32-21-8-24(9-21)15-28(16-24)14-19-6-4-3-5-7-19/h3-7,10-11,17-18,21H,8-9,12-16H2,1-2H3/t17-,18+. The second-order valence-corrected chi connectivity index (χ2v) is 11.0. The number of carbonyl (C=O) groups excluding carboxylic acids is 1. The predicted octanol–water partition coefficient (Wildman–Crippen LogP) is 3.78. The Labute approximate surface area is 203 Å². The minimum absolute atomic E-state index is 0.0493. The molecule has 170 valence electrons. The largest absolute Gasteiger partial charge is 0.446 e. The van der Waals surface area contributed by atoms with Crippen LogP contribution in [-0.2, 0) is 11.3 Å². The number of carbonyl (C=O) groups is 1. The molecule has 1 aromatic carbocycles. The second-order valence-electron chi connectivity index (χ2n) is 9.76. The van der Waals surface area contributed by atoms with Crippen molar-refractivity contribution in [3.63, 3.8) is 0 Å². The van der Waals surface area contributed by atoms with Crippen LogP contribution in [0.1, 0.15) is 32.3 Å². The molecule has 7 nitrogen and oxygen atoms in total. The van der Waals surface area contributed by atoms with E-state index in [4.69, 9.17) is 4.74 Å². The Morgan fingerprint density at radius 1 is 1.09 bits per heavy atom. The van der Waals surface area contributed by atoms with Crippen molar-refractivity contribution in [3.8, 4) is 0 Å². The first-order chi connectivity index (χ1) is 15.4. The highest BCUT2D eigenvalue weighted by Gasteiger charge is 2.54. The van der Waals surface area contributed by atoms with Gasteiger partial charge < -0.3 is 9.64 Å². The number of amides is 1. The van der Waals surface area contributed by atoms with Gasteiger partial charge in [0.2, 0.25) is 5.95 Å². The molecule has 2 aromatic rings. The molecule has 32 heavy (non-hydrogen) atoms. The van der Waals surface area contributed by atoms with Crippen molar-refractivity contribution < 1.29 is 9.53 Å². The summed E-state index contributed by atoms with van der Waals surface area (Å²) in [6.45, 7) is 8.80. The van der Waals surface area contributed by atoms with Crippen molar-refractivity contribution in [1.82, 2.24) is 19.8 Å². The van der Waals surface area contributed by atoms with Crippen molar-refractivity contribution in [2.75, 3.05) is 31.1 Å². The number of anilines is 1. The molecule has 3 heterocycles. The molecule has 3 aliphatic rings. The van der Waals surface area contributed by atoms with Gasteiger partial charge in [0.1, 0.15) is 6.10 Å². The van der Waals surface area contributed by atoms with Crippen LogP contribution in [0.4, 0.5) is 10.7 Å². The Bertz CT molecular complexity index is 931. The van der Waals surface area contributed by atoms with Crippen LogP contribution in [0.2, 0.25) is 0 Å². The van der Waals surface area contributed by atoms with Crippen LogP contribution in [0, 0.1) is 8.99 Å². The summed E-state index contributed by atoms with van der Waals surface area (Å²) in [4.78, 5) is 28.4. The Kier molecular flexibility index (Phi) is 6.00. The molecule has 5 rings (SSSR count). The number of likely N-dealkylation sites (tertiary alicyclic amines) is 1. The van der Waals surface area contributed by atoms with Gasteiger partial charge in [-0.25, -0.2) is 14.8 Å². The fourth-order valence-corrected chi connectivity index (χ4v) is 5.90. The van der Waals surface area contributed by atoms with Gasteiger partial charge in [0, 0.05) is 54.1 Å². The predicted molar refractivity (Wildman–Crippen MR) is 131 cm³/mol. The molecule has 1 saturated carbocycles. The maximum Gasteiger partial charge on any atom is 0.410 e. The zero-order valence-corrected chi connectivity index (χ0v) is 20.8. The molecule has 0 N–H and O–H groups in total. The summed E-state index contributed by atoms with van der Waals surface area (Å²) in [6, 6.07) is 10.7. The number of hydrogen-bond acceptors (Lipinski definition) is 6. The van der Waals surface area contributed by atoms with E-state index in [9.17, 15) is 4.79 Å². The number of aromatic nitrogens is 2. The van der Waals surface area contributed by atoms with E-state index in [-0.39, 0.29) is 24.3 Å². The number of benzene rings is 1. The van der Waals surface area contributed by atoms with Crippen LogP contribution >= 0.6 is 22.6 Å². The third-order valence-corrected chi connectivity index (χ3v) is 7.53. The minimum Gasteiger partial charge on any atom is -0.446 e. The maximum atomic E-state index is 13.0. The summed E-state index contributed by atoms with van der Waals surface area (Å²) in [7, 11) is 0. The third-order valence-electron chi connectivity index (χ3n) is 6.98. The average Bonchev–Trinajstić information content (AvgIpc) is 2.71. The van der Waals surface area contributed by atoms with Gasteiger partial charge in [-0.1, -0.05) is 30.3 Å². The normalized spacial score (nSPS) is 25.3. The smallest absolute Gasteiger partial charge is 0.410 e. The van der Waals surface area contributed by atoms with E-state index in [2.05, 4.69) is 86.5 Å². The van der Waals surface area contributed by atoms with Gasteiger partial charge >= 0.3 is 6.09 Å². The Morgan fingerprint density at radius 2 is 1.72 bits per heavy atom. The monoisotopic (exact) mass is 547 g/mol. The molecular weight excluding hydrogens is 517 g/mol. The van der Waals surface area contributed by atoms with E-state index < -0.39 is 0 Å². The van der Waals surface area contributed by atoms with E-state index in [1.54, 1.807) is 0 Å². The first kappa shape index (κ1) is 21.9. The lowest BCUT2D eigenvalue weighted by Crippen LogP contribution is -2.65. The number of hydrogen-bond donors (Lipinski definition) is 0. The fourth-order valence-electron chi connectivity index (χ4n) is 5.62. The molecule has 0 bridgehead atoms. The van der Waals surface area contributed by atoms with E-state index in [1.807, 2.05) is 17.3 Å². The van der Waals surface area contributed by atoms with E-state index in [1.165, 1.54) is 5.56 Å². The second kappa shape index (κ2) is 8.78. The molecule has 3 fully saturated rings. The van der Waals surface area contributed by atoms with Crippen LogP contribution in [-0.4, -0.2) is 70.2 Å². The quantitative estimate of drug-likeness (QED) is 0.544. The third kappa shape index (κ3) is 4.44. The van der Waals surface area contributed by atoms with Gasteiger partial charge in [-0.15, -0.1) is 0 Å². The average molecular weight is 547 g/mol. The summed E-state index contributed by atoms with van der Waals surface area (Å²) in [5.74, 6) is 0.725. The van der Waals surface area contributed by atoms with Gasteiger partial charge in [0.15, 0.2) is 0 Å². The van der Waals surface area contributed by atoms with Crippen molar-refractivity contribution in [2.45, 2.75) is 51.4 Å². The van der Waals surface area contributed by atoms with Gasteiger partial charge in [-0.3, -0.25) is 9.80 Å². The van der Waals surface area contributed by atoms with E-state index in [0.717, 1.165) is 42.0 Å². The van der Waals surface area contributed by atoms with Gasteiger partial charge in [0.25, 0.3) is 0 Å². The van der Waals surface area contributed by atoms with Crippen molar-refractivity contribution in [3.05, 3.63) is 51.9 Å². The summed E-state index contributed by atoms with van der Waals surface area (Å²) < 4.78 is 6.94. The zero-order valence-electron chi connectivity index (χ0n) is 18.7. The minimum atomic E-state index is -0.173. The molecule has 1 aromatic heterocycles. The van der Waals surface area contributed by atoms with Crippen molar-refractivity contribution >= 4 is 34.6 Å². The van der Waals surface area contributed by atoms with Crippen LogP contribution < -0.4 is 4.90 Å². The maximum absolute atomic E-state index is 13.0. The fraction of sp³-hybridized carbons (Fsp3) is 0.542. The van der Waals surface area contributed by atoms with E-state index in [0.29, 0.717) is 18.5 Å². The van der Waals surface area contributed by atoms with Crippen LogP contribution in [0.25, 0.3) is 0 Å². The molecule has 2 saturated heterocycles. The first-order valence-corrected chi connectivity index (χ1v) is 12.5. The van der Waals surface area contributed by atoms with Crippen molar-refractivity contribution in [2.24, 2.45) is 5.41 Å². The number of piperazine rings is 1. The van der Waals surface area contributed by atoms with Crippen LogP contribution in [0.15, 0.2) is 42.7 Å².